The van der Waals surface area contributed by atoms with Gasteiger partial charge in [-0.1, -0.05) is 41.9 Å². The van der Waals surface area contributed by atoms with Crippen LogP contribution >= 0.6 is 11.6 Å². The molecule has 0 saturated carbocycles. The fourth-order valence-electron chi connectivity index (χ4n) is 5.61. The molecule has 2 aliphatic heterocycles. The lowest BCUT2D eigenvalue weighted by atomic mass is 10.0. The van der Waals surface area contributed by atoms with Gasteiger partial charge in [0.15, 0.2) is 0 Å². The maximum absolute atomic E-state index is 14.6. The number of benzene rings is 3. The number of amides is 2. The average molecular weight is 640 g/mol. The third-order valence-corrected chi connectivity index (χ3v) is 10.1. The number of ether oxygens (including phenoxy) is 1. The van der Waals surface area contributed by atoms with Gasteiger partial charge in [-0.3, -0.25) is 13.9 Å². The van der Waals surface area contributed by atoms with E-state index in [0.717, 1.165) is 5.56 Å². The van der Waals surface area contributed by atoms with Gasteiger partial charge >= 0.3 is 0 Å². The van der Waals surface area contributed by atoms with Gasteiger partial charge in [0, 0.05) is 45.1 Å². The molecule has 8 nitrogen and oxygen atoms in total. The number of sulfonamides is 1. The smallest absolute Gasteiger partial charge is 0.264 e. The first-order valence-electron chi connectivity index (χ1n) is 14.5. The summed E-state index contributed by atoms with van der Waals surface area (Å²) >= 11 is 6.27. The molecule has 44 heavy (non-hydrogen) atoms. The molecule has 0 radical (unpaired) electrons. The highest BCUT2D eigenvalue weighted by atomic mass is 35.5. The standard InChI is InChI=1S/C33H35ClFN3O5S/c1-22-6-4-7-27(18-22)44(41,42)38-21-26(11-13-32(40)37-16-14-36(15-17-37)24(3)39)43-31-12-10-25(20-30(31)38)19-23(2)33-28(34)8-5-9-29(33)35/h4-10,12,18-20,26H,11,13-17,21H2,1-3H3/b23-19+/t26-/m0/s1. The molecule has 3 aromatic carbocycles. The lowest BCUT2D eigenvalue weighted by Gasteiger charge is -2.37. The Bertz CT molecular complexity index is 1700. The van der Waals surface area contributed by atoms with Crippen molar-refractivity contribution in [3.63, 3.8) is 0 Å². The topological polar surface area (TPSA) is 87.2 Å². The summed E-state index contributed by atoms with van der Waals surface area (Å²) < 4.78 is 50.3. The van der Waals surface area contributed by atoms with E-state index in [1.165, 1.54) is 23.4 Å². The second-order valence-electron chi connectivity index (χ2n) is 11.2. The first kappa shape index (κ1) is 31.5. The van der Waals surface area contributed by atoms with Crippen LogP contribution in [-0.2, 0) is 19.6 Å². The third-order valence-electron chi connectivity index (χ3n) is 7.99. The summed E-state index contributed by atoms with van der Waals surface area (Å²) in [6, 6.07) is 16.4. The number of rotatable bonds is 7. The van der Waals surface area contributed by atoms with Gasteiger partial charge in [-0.05, 0) is 73.4 Å². The first-order chi connectivity index (χ1) is 20.9. The molecule has 0 aliphatic carbocycles. The number of aryl methyl sites for hydroxylation is 1. The Kier molecular flexibility index (Phi) is 9.31. The van der Waals surface area contributed by atoms with E-state index in [4.69, 9.17) is 16.3 Å². The van der Waals surface area contributed by atoms with Crippen molar-refractivity contribution >= 4 is 50.8 Å². The molecule has 0 spiro atoms. The van der Waals surface area contributed by atoms with Gasteiger partial charge in [-0.15, -0.1) is 0 Å². The molecule has 1 fully saturated rings. The van der Waals surface area contributed by atoms with Gasteiger partial charge in [0.05, 0.1) is 22.2 Å². The minimum Gasteiger partial charge on any atom is -0.486 e. The Morgan fingerprint density at radius 2 is 1.70 bits per heavy atom. The van der Waals surface area contributed by atoms with E-state index in [-0.39, 0.29) is 40.3 Å². The zero-order valence-electron chi connectivity index (χ0n) is 24.9. The van der Waals surface area contributed by atoms with Gasteiger partial charge < -0.3 is 14.5 Å². The highest BCUT2D eigenvalue weighted by molar-refractivity contribution is 7.92. The Labute approximate surface area is 262 Å². The van der Waals surface area contributed by atoms with Crippen LogP contribution in [0.2, 0.25) is 5.02 Å². The summed E-state index contributed by atoms with van der Waals surface area (Å²) in [7, 11) is -4.00. The second kappa shape index (κ2) is 13.0. The number of anilines is 1. The van der Waals surface area contributed by atoms with E-state index in [1.54, 1.807) is 65.3 Å². The molecule has 2 aliphatic rings. The van der Waals surface area contributed by atoms with Gasteiger partial charge in [-0.2, -0.15) is 0 Å². The van der Waals surface area contributed by atoms with E-state index >= 15 is 0 Å². The molecular weight excluding hydrogens is 605 g/mol. The van der Waals surface area contributed by atoms with Gasteiger partial charge in [0.1, 0.15) is 17.7 Å². The Morgan fingerprint density at radius 1 is 1.00 bits per heavy atom. The average Bonchev–Trinajstić information content (AvgIpc) is 2.99. The van der Waals surface area contributed by atoms with Crippen LogP contribution in [-0.4, -0.2) is 68.9 Å². The quantitative estimate of drug-likeness (QED) is 0.306. The fraction of sp³-hybridized carbons (Fsp3) is 0.333. The number of carbonyl (C=O) groups excluding carboxylic acids is 2. The first-order valence-corrected chi connectivity index (χ1v) is 16.3. The zero-order valence-corrected chi connectivity index (χ0v) is 26.5. The van der Waals surface area contributed by atoms with Crippen LogP contribution in [0.25, 0.3) is 11.6 Å². The molecule has 1 saturated heterocycles. The van der Waals surface area contributed by atoms with Crippen LogP contribution in [0.4, 0.5) is 10.1 Å². The number of hydrogen-bond donors (Lipinski definition) is 0. The molecule has 1 atom stereocenters. The molecule has 0 bridgehead atoms. The van der Waals surface area contributed by atoms with Crippen LogP contribution in [0.15, 0.2) is 65.6 Å². The van der Waals surface area contributed by atoms with Crippen molar-refractivity contribution in [2.45, 2.75) is 44.6 Å². The molecule has 5 rings (SSSR count). The monoisotopic (exact) mass is 639 g/mol. The lowest BCUT2D eigenvalue weighted by Crippen LogP contribution is -2.50. The fourth-order valence-corrected chi connectivity index (χ4v) is 7.53. The summed E-state index contributed by atoms with van der Waals surface area (Å²) in [5.41, 5.74) is 2.67. The predicted molar refractivity (Wildman–Crippen MR) is 170 cm³/mol. The molecule has 11 heteroatoms. The maximum atomic E-state index is 14.6. The summed E-state index contributed by atoms with van der Waals surface area (Å²) in [4.78, 5) is 28.2. The molecular formula is C33H35ClFN3O5S. The molecule has 232 valence electrons. The Balaban J connectivity index is 1.42. The zero-order chi connectivity index (χ0) is 31.6. The van der Waals surface area contributed by atoms with E-state index in [1.807, 2.05) is 13.0 Å². The maximum Gasteiger partial charge on any atom is 0.264 e. The largest absolute Gasteiger partial charge is 0.486 e. The molecule has 0 unspecified atom stereocenters. The number of allylic oxidation sites excluding steroid dienone is 1. The number of halogens is 2. The minimum atomic E-state index is -4.00. The van der Waals surface area contributed by atoms with Gasteiger partial charge in [0.2, 0.25) is 11.8 Å². The summed E-state index contributed by atoms with van der Waals surface area (Å²) in [5, 5.41) is 0.279. The number of hydrogen-bond acceptors (Lipinski definition) is 5. The van der Waals surface area contributed by atoms with Crippen LogP contribution in [0.3, 0.4) is 0 Å². The molecule has 3 aromatic rings. The molecule has 0 aromatic heterocycles. The highest BCUT2D eigenvalue weighted by Gasteiger charge is 2.35. The van der Waals surface area contributed by atoms with Crippen molar-refractivity contribution in [1.29, 1.82) is 0 Å². The number of nitrogens with zero attached hydrogens (tertiary/aromatic N) is 3. The minimum absolute atomic E-state index is 0.00823. The van der Waals surface area contributed by atoms with Crippen molar-refractivity contribution in [3.8, 4) is 5.75 Å². The lowest BCUT2D eigenvalue weighted by molar-refractivity contribution is -0.138. The number of carbonyl (C=O) groups is 2. The SMILES string of the molecule is CC(=O)N1CCN(C(=O)CC[C@H]2CN(S(=O)(=O)c3cccc(C)c3)c3cc(/C=C(\C)c4c(F)cccc4Cl)ccc3O2)CC1. The molecule has 0 N–H and O–H groups in total. The van der Waals surface area contributed by atoms with E-state index in [0.29, 0.717) is 55.2 Å². The van der Waals surface area contributed by atoms with Gasteiger partial charge in [0.25, 0.3) is 10.0 Å². The van der Waals surface area contributed by atoms with Crippen LogP contribution in [0.1, 0.15) is 43.4 Å². The normalized spacial score (nSPS) is 17.2. The molecule has 2 heterocycles. The van der Waals surface area contributed by atoms with Crippen molar-refractivity contribution in [2.24, 2.45) is 0 Å². The summed E-state index contributed by atoms with van der Waals surface area (Å²) in [6.45, 7) is 7.03. The Hall–Kier alpha value is -3.89. The summed E-state index contributed by atoms with van der Waals surface area (Å²) in [5.74, 6) is -0.141. The van der Waals surface area contributed by atoms with Crippen molar-refractivity contribution < 1.29 is 27.1 Å². The van der Waals surface area contributed by atoms with Crippen LogP contribution < -0.4 is 9.04 Å². The van der Waals surface area contributed by atoms with Crippen molar-refractivity contribution in [1.82, 2.24) is 9.80 Å². The second-order valence-corrected chi connectivity index (χ2v) is 13.4. The predicted octanol–water partition coefficient (Wildman–Crippen LogP) is 5.78. The van der Waals surface area contributed by atoms with Gasteiger partial charge in [-0.25, -0.2) is 12.8 Å². The number of fused-ring (bicyclic) bond motifs is 1. The molecule has 2 amide bonds. The van der Waals surface area contributed by atoms with E-state index in [9.17, 15) is 22.4 Å². The van der Waals surface area contributed by atoms with E-state index in [2.05, 4.69) is 0 Å². The van der Waals surface area contributed by atoms with Crippen molar-refractivity contribution in [3.05, 3.63) is 88.2 Å². The Morgan fingerprint density at radius 3 is 2.39 bits per heavy atom. The van der Waals surface area contributed by atoms with Crippen LogP contribution in [0, 0.1) is 12.7 Å². The van der Waals surface area contributed by atoms with E-state index < -0.39 is 21.9 Å². The van der Waals surface area contributed by atoms with Crippen molar-refractivity contribution in [2.75, 3.05) is 37.0 Å². The highest BCUT2D eigenvalue weighted by Crippen LogP contribution is 2.40. The number of piperazine rings is 1. The summed E-state index contributed by atoms with van der Waals surface area (Å²) in [6.07, 6.45) is 1.68. The van der Waals surface area contributed by atoms with Crippen LogP contribution in [0.5, 0.6) is 5.75 Å². The third kappa shape index (κ3) is 6.76.